The minimum absolute atomic E-state index is 0.0775. The van der Waals surface area contributed by atoms with Crippen LogP contribution >= 0.6 is 11.8 Å². The number of hydrogen-bond acceptors (Lipinski definition) is 7. The molecule has 1 amide bonds. The minimum Gasteiger partial charge on any atom is -0.497 e. The number of methoxy groups -OCH3 is 1. The maximum Gasteiger partial charge on any atom is 0.573 e. The number of aromatic nitrogens is 3. The Hall–Kier alpha value is -3.41. The fraction of sp³-hybridized carbons (Fsp3) is 0.375. The topological polar surface area (TPSA) is 87.5 Å². The molecular weight excluding hydrogens is 497 g/mol. The van der Waals surface area contributed by atoms with E-state index in [9.17, 15) is 18.0 Å². The highest BCUT2D eigenvalue weighted by atomic mass is 32.2. The van der Waals surface area contributed by atoms with E-state index < -0.39 is 24.1 Å². The average Bonchev–Trinajstić information content (AvgIpc) is 3.20. The van der Waals surface area contributed by atoms with Gasteiger partial charge < -0.3 is 24.1 Å². The van der Waals surface area contributed by atoms with Crippen LogP contribution in [0.1, 0.15) is 32.7 Å². The predicted octanol–water partition coefficient (Wildman–Crippen LogP) is 5.71. The fourth-order valence-electron chi connectivity index (χ4n) is 3.26. The molecule has 0 aliphatic carbocycles. The second-order valence-corrected chi connectivity index (χ2v) is 9.10. The molecule has 36 heavy (non-hydrogen) atoms. The number of thioether (sulfide) groups is 1. The molecule has 0 aliphatic heterocycles. The Bertz CT molecular complexity index is 1150. The summed E-state index contributed by atoms with van der Waals surface area (Å²) >= 11 is 1.13. The maximum absolute atomic E-state index is 12.6. The molecule has 8 nitrogen and oxygen atoms in total. The van der Waals surface area contributed by atoms with Crippen LogP contribution in [0, 0.1) is 5.92 Å². The second kappa shape index (κ2) is 12.0. The lowest BCUT2D eigenvalue weighted by Crippen LogP contribution is -2.20. The summed E-state index contributed by atoms with van der Waals surface area (Å²) in [5, 5.41) is 11.5. The van der Waals surface area contributed by atoms with Gasteiger partial charge in [0, 0.05) is 6.54 Å². The van der Waals surface area contributed by atoms with Gasteiger partial charge >= 0.3 is 6.36 Å². The third kappa shape index (κ3) is 7.80. The quantitative estimate of drug-likeness (QED) is 0.322. The SMILES string of the molecule is COc1ccc(OC(C)c2nnc(SCC(=O)Nc3ccccc3OC(F)(F)F)n2CC(C)C)cc1. The summed E-state index contributed by atoms with van der Waals surface area (Å²) in [6.07, 6.45) is -5.30. The van der Waals surface area contributed by atoms with E-state index >= 15 is 0 Å². The van der Waals surface area contributed by atoms with Crippen LogP contribution < -0.4 is 19.5 Å². The molecule has 3 aromatic rings. The van der Waals surface area contributed by atoms with Crippen LogP contribution in [0.5, 0.6) is 17.2 Å². The number of amides is 1. The van der Waals surface area contributed by atoms with Crippen molar-refractivity contribution in [1.82, 2.24) is 14.8 Å². The number of nitrogens with one attached hydrogen (secondary N) is 1. The Labute approximate surface area is 211 Å². The van der Waals surface area contributed by atoms with Crippen molar-refractivity contribution in [1.29, 1.82) is 0 Å². The summed E-state index contributed by atoms with van der Waals surface area (Å²) in [7, 11) is 1.58. The second-order valence-electron chi connectivity index (χ2n) is 8.16. The minimum atomic E-state index is -4.87. The van der Waals surface area contributed by atoms with E-state index in [2.05, 4.69) is 20.3 Å². The molecule has 1 heterocycles. The molecule has 1 aromatic heterocycles. The third-order valence-electron chi connectivity index (χ3n) is 4.75. The Morgan fingerprint density at radius 3 is 2.36 bits per heavy atom. The van der Waals surface area contributed by atoms with Gasteiger partial charge in [0.05, 0.1) is 18.6 Å². The van der Waals surface area contributed by atoms with E-state index in [-0.39, 0.29) is 17.4 Å². The summed E-state index contributed by atoms with van der Waals surface area (Å²) in [6.45, 7) is 6.52. The van der Waals surface area contributed by atoms with Gasteiger partial charge in [-0.05, 0) is 49.2 Å². The van der Waals surface area contributed by atoms with Gasteiger partial charge in [0.15, 0.2) is 22.8 Å². The Morgan fingerprint density at radius 1 is 1.06 bits per heavy atom. The van der Waals surface area contributed by atoms with E-state index in [1.165, 1.54) is 18.2 Å². The molecule has 1 atom stereocenters. The largest absolute Gasteiger partial charge is 0.573 e. The zero-order valence-electron chi connectivity index (χ0n) is 20.2. The van der Waals surface area contributed by atoms with Gasteiger partial charge in [-0.25, -0.2) is 0 Å². The molecule has 0 bridgehead atoms. The number of anilines is 1. The number of alkyl halides is 3. The van der Waals surface area contributed by atoms with Gasteiger partial charge in [0.25, 0.3) is 0 Å². The van der Waals surface area contributed by atoms with E-state index in [0.717, 1.165) is 17.8 Å². The Balaban J connectivity index is 1.69. The summed E-state index contributed by atoms with van der Waals surface area (Å²) < 4.78 is 55.0. The highest BCUT2D eigenvalue weighted by molar-refractivity contribution is 7.99. The van der Waals surface area contributed by atoms with E-state index in [4.69, 9.17) is 9.47 Å². The summed E-state index contributed by atoms with van der Waals surface area (Å²) in [5.41, 5.74) is -0.0775. The summed E-state index contributed by atoms with van der Waals surface area (Å²) in [5.74, 6) is 1.10. The molecule has 0 fully saturated rings. The maximum atomic E-state index is 12.6. The molecule has 1 unspecified atom stereocenters. The smallest absolute Gasteiger partial charge is 0.497 e. The zero-order chi connectivity index (χ0) is 26.3. The molecule has 1 N–H and O–H groups in total. The standard InChI is InChI=1S/C24H27F3N4O4S/c1-15(2)13-31-22(16(3)34-18-11-9-17(33-4)10-12-18)29-30-23(31)36-14-21(32)28-19-7-5-6-8-20(19)35-24(25,26)27/h5-12,15-16H,13-14H2,1-4H3,(H,28,32). The average molecular weight is 525 g/mol. The van der Waals surface area contributed by atoms with E-state index in [1.807, 2.05) is 25.3 Å². The molecule has 12 heteroatoms. The first-order valence-corrected chi connectivity index (χ1v) is 12.1. The van der Waals surface area contributed by atoms with Gasteiger partial charge in [0.1, 0.15) is 11.5 Å². The van der Waals surface area contributed by atoms with Gasteiger partial charge in [-0.15, -0.1) is 23.4 Å². The van der Waals surface area contributed by atoms with Crippen LogP contribution in [0.4, 0.5) is 18.9 Å². The highest BCUT2D eigenvalue weighted by Crippen LogP contribution is 2.31. The van der Waals surface area contributed by atoms with Crippen LogP contribution in [-0.4, -0.2) is 39.9 Å². The molecule has 0 saturated heterocycles. The van der Waals surface area contributed by atoms with Crippen molar-refractivity contribution in [3.63, 3.8) is 0 Å². The molecular formula is C24H27F3N4O4S. The number of carbonyl (C=O) groups excluding carboxylic acids is 1. The van der Waals surface area contributed by atoms with Gasteiger partial charge in [-0.1, -0.05) is 37.7 Å². The van der Waals surface area contributed by atoms with Crippen molar-refractivity contribution in [2.45, 2.75) is 44.9 Å². The first kappa shape index (κ1) is 27.2. The zero-order valence-corrected chi connectivity index (χ0v) is 21.0. The van der Waals surface area contributed by atoms with E-state index in [1.54, 1.807) is 31.4 Å². The van der Waals surface area contributed by atoms with Crippen LogP contribution in [0.2, 0.25) is 0 Å². The van der Waals surface area contributed by atoms with Gasteiger partial charge in [-0.3, -0.25) is 4.79 Å². The summed E-state index contributed by atoms with van der Waals surface area (Å²) in [4.78, 5) is 12.5. The van der Waals surface area contributed by atoms with Crippen molar-refractivity contribution >= 4 is 23.4 Å². The monoisotopic (exact) mass is 524 g/mol. The lowest BCUT2D eigenvalue weighted by molar-refractivity contribution is -0.274. The van der Waals surface area contributed by atoms with Crippen molar-refractivity contribution < 1.29 is 32.2 Å². The Morgan fingerprint density at radius 2 is 1.72 bits per heavy atom. The first-order valence-electron chi connectivity index (χ1n) is 11.1. The number of ether oxygens (including phenoxy) is 3. The first-order chi connectivity index (χ1) is 17.1. The van der Waals surface area contributed by atoms with Gasteiger partial charge in [-0.2, -0.15) is 0 Å². The lowest BCUT2D eigenvalue weighted by Gasteiger charge is -2.18. The summed E-state index contributed by atoms with van der Waals surface area (Å²) in [6, 6.07) is 12.5. The molecule has 3 rings (SSSR count). The van der Waals surface area contributed by atoms with E-state index in [0.29, 0.717) is 29.0 Å². The predicted molar refractivity (Wildman–Crippen MR) is 129 cm³/mol. The van der Waals surface area contributed by atoms with Crippen molar-refractivity contribution in [3.8, 4) is 17.2 Å². The normalized spacial score (nSPS) is 12.3. The number of hydrogen-bond donors (Lipinski definition) is 1. The van der Waals surface area contributed by atoms with Gasteiger partial charge in [0.2, 0.25) is 5.91 Å². The lowest BCUT2D eigenvalue weighted by atomic mass is 10.2. The fourth-order valence-corrected chi connectivity index (χ4v) is 4.01. The van der Waals surface area contributed by atoms with Crippen LogP contribution in [-0.2, 0) is 11.3 Å². The number of benzene rings is 2. The van der Waals surface area contributed by atoms with Crippen molar-refractivity contribution in [2.24, 2.45) is 5.92 Å². The third-order valence-corrected chi connectivity index (χ3v) is 5.72. The van der Waals surface area contributed by atoms with Crippen molar-refractivity contribution in [3.05, 3.63) is 54.4 Å². The molecule has 0 radical (unpaired) electrons. The Kier molecular flexibility index (Phi) is 9.08. The van der Waals surface area contributed by atoms with Crippen LogP contribution in [0.3, 0.4) is 0 Å². The number of carbonyl (C=O) groups is 1. The molecule has 194 valence electrons. The molecule has 0 saturated carbocycles. The number of para-hydroxylation sites is 2. The number of halogens is 3. The number of nitrogens with zero attached hydrogens (tertiary/aromatic N) is 3. The molecule has 0 spiro atoms. The molecule has 2 aromatic carbocycles. The van der Waals surface area contributed by atoms with Crippen LogP contribution in [0.15, 0.2) is 53.7 Å². The highest BCUT2D eigenvalue weighted by Gasteiger charge is 2.32. The van der Waals surface area contributed by atoms with Crippen molar-refractivity contribution in [2.75, 3.05) is 18.2 Å². The molecule has 0 aliphatic rings. The number of rotatable bonds is 11. The van der Waals surface area contributed by atoms with Crippen LogP contribution in [0.25, 0.3) is 0 Å².